The van der Waals surface area contributed by atoms with E-state index in [1.165, 1.54) is 19.3 Å². The van der Waals surface area contributed by atoms with Gasteiger partial charge in [-0.1, -0.05) is 60.0 Å². The van der Waals surface area contributed by atoms with E-state index in [9.17, 15) is 19.5 Å². The number of nitrogens with one attached hydrogen (secondary N) is 1. The molecule has 0 atom stereocenters. The van der Waals surface area contributed by atoms with Gasteiger partial charge in [0.05, 0.1) is 32.5 Å². The molecule has 5 aliphatic rings. The Hall–Kier alpha value is -4.03. The number of Topliss-reactive ketones (excluding diaryl/α,β-unsaturated/α-hetero) is 1. The molecule has 55 heavy (non-hydrogen) atoms. The highest BCUT2D eigenvalue weighted by atomic mass is 35.5. The van der Waals surface area contributed by atoms with E-state index >= 15 is 0 Å². The molecule has 3 fully saturated rings. The highest BCUT2D eigenvalue weighted by Crippen LogP contribution is 2.62. The molecule has 2 aliphatic heterocycles. The van der Waals surface area contributed by atoms with Gasteiger partial charge in [-0.25, -0.2) is 9.97 Å². The quantitative estimate of drug-likeness (QED) is 0.163. The largest absolute Gasteiger partial charge is 0.481 e. The van der Waals surface area contributed by atoms with E-state index < -0.39 is 11.4 Å². The van der Waals surface area contributed by atoms with E-state index in [0.717, 1.165) is 93.9 Å². The van der Waals surface area contributed by atoms with Gasteiger partial charge < -0.3 is 19.6 Å². The number of imidazole rings is 2. The van der Waals surface area contributed by atoms with Crippen molar-refractivity contribution in [2.45, 2.75) is 89.8 Å². The van der Waals surface area contributed by atoms with Crippen molar-refractivity contribution in [3.8, 4) is 11.1 Å². The van der Waals surface area contributed by atoms with E-state index in [0.29, 0.717) is 56.7 Å². The molecule has 4 heterocycles. The number of hydrogen-bond acceptors (Lipinski definition) is 7. The lowest BCUT2D eigenvalue weighted by Crippen LogP contribution is -2.43. The van der Waals surface area contributed by atoms with E-state index in [2.05, 4.69) is 15.1 Å². The van der Waals surface area contributed by atoms with Gasteiger partial charge in [0.2, 0.25) is 5.78 Å². The number of anilines is 1. The summed E-state index contributed by atoms with van der Waals surface area (Å²) < 4.78 is 3.83. The smallest absolute Gasteiger partial charge is 0.309 e. The second kappa shape index (κ2) is 13.9. The maximum absolute atomic E-state index is 13.8. The Kier molecular flexibility index (Phi) is 9.23. The standard InChI is InChI=1S/C42H47Cl2N7O4/c1-48-33-13-19-51(26-7-4-8-26)22-31(33)45-37(48)34(52)20-25-6-3-9-27(35(25)43)28-10-5-11-29(36(28)44)47-39(53)38-46-30-21-50(18-12-32(30)49(38)2)24-41-14-16-42(23-41,17-15-41)40(54)55/h3,5-6,9-11,26H,4,7-8,12-24H2,1-2H3,(H,47,53)(H,54,55). The Morgan fingerprint density at radius 1 is 0.855 bits per heavy atom. The minimum absolute atomic E-state index is 0.0561. The van der Waals surface area contributed by atoms with Crippen molar-refractivity contribution in [2.24, 2.45) is 24.9 Å². The summed E-state index contributed by atoms with van der Waals surface area (Å²) in [6, 6.07) is 11.7. The van der Waals surface area contributed by atoms with Gasteiger partial charge >= 0.3 is 5.97 Å². The predicted molar refractivity (Wildman–Crippen MR) is 211 cm³/mol. The van der Waals surface area contributed by atoms with Gasteiger partial charge in [-0.2, -0.15) is 0 Å². The summed E-state index contributed by atoms with van der Waals surface area (Å²) >= 11 is 14.0. The second-order valence-electron chi connectivity index (χ2n) is 16.8. The van der Waals surface area contributed by atoms with Gasteiger partial charge in [0, 0.05) is 94.6 Å². The molecule has 9 rings (SSSR count). The van der Waals surface area contributed by atoms with Crippen LogP contribution < -0.4 is 5.32 Å². The molecule has 1 amide bonds. The zero-order valence-corrected chi connectivity index (χ0v) is 33.0. The summed E-state index contributed by atoms with van der Waals surface area (Å²) in [5.41, 5.74) is 6.00. The fraction of sp³-hybridized carbons (Fsp3) is 0.500. The number of carboxylic acid groups (broad SMARTS) is 1. The van der Waals surface area contributed by atoms with Gasteiger partial charge in [-0.05, 0) is 62.0 Å². The van der Waals surface area contributed by atoms with Gasteiger partial charge in [0.1, 0.15) is 0 Å². The number of fused-ring (bicyclic) bond motifs is 4. The topological polar surface area (TPSA) is 126 Å². The molecular formula is C42H47Cl2N7O4. The van der Waals surface area contributed by atoms with Crippen LogP contribution in [0.5, 0.6) is 0 Å². The van der Waals surface area contributed by atoms with Crippen molar-refractivity contribution in [3.63, 3.8) is 0 Å². The molecule has 0 spiro atoms. The zero-order chi connectivity index (χ0) is 38.2. The fourth-order valence-electron chi connectivity index (χ4n) is 10.3. The average molecular weight is 785 g/mol. The molecule has 0 radical (unpaired) electrons. The van der Waals surface area contributed by atoms with E-state index in [-0.39, 0.29) is 23.5 Å². The maximum atomic E-state index is 13.8. The summed E-state index contributed by atoms with van der Waals surface area (Å²) in [4.78, 5) is 54.0. The van der Waals surface area contributed by atoms with Gasteiger partial charge in [-0.3, -0.25) is 24.2 Å². The molecule has 3 saturated carbocycles. The number of rotatable bonds is 10. The minimum Gasteiger partial charge on any atom is -0.481 e. The lowest BCUT2D eigenvalue weighted by atomic mass is 9.81. The van der Waals surface area contributed by atoms with Crippen LogP contribution in [-0.2, 0) is 51.2 Å². The monoisotopic (exact) mass is 783 g/mol. The number of carboxylic acids is 1. The highest BCUT2D eigenvalue weighted by Gasteiger charge is 2.58. The number of ketones is 1. The first-order valence-corrected chi connectivity index (χ1v) is 20.4. The van der Waals surface area contributed by atoms with Crippen molar-refractivity contribution >= 4 is 46.5 Å². The van der Waals surface area contributed by atoms with Crippen molar-refractivity contribution in [2.75, 3.05) is 25.0 Å². The second-order valence-corrected chi connectivity index (χ2v) is 17.6. The van der Waals surface area contributed by atoms with Gasteiger partial charge in [-0.15, -0.1) is 0 Å². The van der Waals surface area contributed by atoms with Gasteiger partial charge in [0.15, 0.2) is 11.6 Å². The lowest BCUT2D eigenvalue weighted by molar-refractivity contribution is -0.148. The molecule has 13 heteroatoms. The molecule has 0 saturated heterocycles. The molecular weight excluding hydrogens is 737 g/mol. The predicted octanol–water partition coefficient (Wildman–Crippen LogP) is 7.11. The molecule has 2 aromatic heterocycles. The Bertz CT molecular complexity index is 2230. The van der Waals surface area contributed by atoms with Crippen molar-refractivity contribution in [1.82, 2.24) is 28.9 Å². The summed E-state index contributed by atoms with van der Waals surface area (Å²) in [5, 5.41) is 13.6. The molecule has 2 bridgehead atoms. The summed E-state index contributed by atoms with van der Waals surface area (Å²) in [5.74, 6) is -0.323. The summed E-state index contributed by atoms with van der Waals surface area (Å²) in [6.45, 7) is 4.14. The third kappa shape index (κ3) is 6.31. The van der Waals surface area contributed by atoms with Crippen LogP contribution in [0.15, 0.2) is 36.4 Å². The van der Waals surface area contributed by atoms with Crippen molar-refractivity contribution < 1.29 is 19.5 Å². The Labute approximate surface area is 331 Å². The number of carbonyl (C=O) groups is 3. The van der Waals surface area contributed by atoms with E-state index in [4.69, 9.17) is 33.2 Å². The molecule has 288 valence electrons. The lowest BCUT2D eigenvalue weighted by Gasteiger charge is -2.39. The normalized spacial score (nSPS) is 23.7. The summed E-state index contributed by atoms with van der Waals surface area (Å²) in [7, 11) is 3.81. The molecule has 2 aromatic carbocycles. The van der Waals surface area contributed by atoms with Crippen LogP contribution in [-0.4, -0.2) is 77.3 Å². The van der Waals surface area contributed by atoms with Crippen LogP contribution in [0.25, 0.3) is 11.1 Å². The van der Waals surface area contributed by atoms with Crippen LogP contribution in [0.1, 0.15) is 101 Å². The number of benzene rings is 2. The third-order valence-corrected chi connectivity index (χ3v) is 14.5. The van der Waals surface area contributed by atoms with E-state index in [1.807, 2.05) is 53.6 Å². The van der Waals surface area contributed by atoms with Crippen LogP contribution in [0.4, 0.5) is 5.69 Å². The Balaban J connectivity index is 0.889. The number of hydrogen-bond donors (Lipinski definition) is 2. The SMILES string of the molecule is Cn1c(C(=O)Cc2cccc(-c3cccc(NC(=O)c4nc5c(n4C)CCN(CC46CCC(C(=O)O)(CC4)C6)C5)c3Cl)c2Cl)nc2c1CCN(C1CCC1)C2. The van der Waals surface area contributed by atoms with Crippen molar-refractivity contribution in [1.29, 1.82) is 0 Å². The number of carbonyl (C=O) groups excluding carboxylic acids is 2. The molecule has 3 aliphatic carbocycles. The molecule has 4 aromatic rings. The van der Waals surface area contributed by atoms with Crippen LogP contribution in [0.3, 0.4) is 0 Å². The first kappa shape index (κ1) is 36.6. The minimum atomic E-state index is -0.642. The number of halogens is 2. The maximum Gasteiger partial charge on any atom is 0.309 e. The Morgan fingerprint density at radius 2 is 1.51 bits per heavy atom. The number of amides is 1. The zero-order valence-electron chi connectivity index (χ0n) is 31.5. The first-order chi connectivity index (χ1) is 26.4. The molecule has 0 unspecified atom stereocenters. The van der Waals surface area contributed by atoms with Crippen LogP contribution in [0.2, 0.25) is 10.0 Å². The molecule has 11 nitrogen and oxygen atoms in total. The third-order valence-electron chi connectivity index (χ3n) is 13.6. The summed E-state index contributed by atoms with van der Waals surface area (Å²) in [6.07, 6.45) is 9.74. The molecule has 2 N–H and O–H groups in total. The highest BCUT2D eigenvalue weighted by molar-refractivity contribution is 6.39. The average Bonchev–Trinajstić information content (AvgIpc) is 3.89. The number of nitrogens with zero attached hydrogens (tertiary/aromatic N) is 6. The van der Waals surface area contributed by atoms with E-state index in [1.54, 1.807) is 6.07 Å². The van der Waals surface area contributed by atoms with Crippen LogP contribution in [0, 0.1) is 10.8 Å². The first-order valence-electron chi connectivity index (χ1n) is 19.6. The fourth-order valence-corrected chi connectivity index (χ4v) is 10.9. The Morgan fingerprint density at radius 3 is 2.20 bits per heavy atom. The number of aromatic nitrogens is 4. The van der Waals surface area contributed by atoms with Crippen molar-refractivity contribution in [3.05, 3.63) is 86.4 Å². The van der Waals surface area contributed by atoms with Gasteiger partial charge in [0.25, 0.3) is 5.91 Å². The number of aliphatic carboxylic acids is 1. The van der Waals surface area contributed by atoms with Crippen LogP contribution >= 0.6 is 23.2 Å².